The zero-order valence-electron chi connectivity index (χ0n) is 16.5. The van der Waals surface area contributed by atoms with Gasteiger partial charge in [0.05, 0.1) is 0 Å². The van der Waals surface area contributed by atoms with Crippen LogP contribution in [0.3, 0.4) is 0 Å². The van der Waals surface area contributed by atoms with E-state index in [0.29, 0.717) is 0 Å². The lowest BCUT2D eigenvalue weighted by Crippen LogP contribution is -2.03. The third kappa shape index (κ3) is 3.13. The molecule has 2 aromatic heterocycles. The van der Waals surface area contributed by atoms with E-state index in [-0.39, 0.29) is 5.92 Å². The first-order valence-electron chi connectivity index (χ1n) is 10.2. The van der Waals surface area contributed by atoms with Gasteiger partial charge in [-0.2, -0.15) is 0 Å². The number of aromatic nitrogens is 2. The Kier molecular flexibility index (Phi) is 4.51. The van der Waals surface area contributed by atoms with Crippen molar-refractivity contribution in [3.63, 3.8) is 0 Å². The molecule has 0 spiro atoms. The number of rotatable bonds is 3. The van der Waals surface area contributed by atoms with Gasteiger partial charge in [0.2, 0.25) is 0 Å². The fraction of sp³-hybridized carbons (Fsp3) is 0.0370. The molecule has 4 heteroatoms. The molecule has 6 aromatic rings. The van der Waals surface area contributed by atoms with E-state index in [1.54, 1.807) is 0 Å². The third-order valence-corrected chi connectivity index (χ3v) is 7.09. The Hall–Kier alpha value is -2.82. The van der Waals surface area contributed by atoms with Gasteiger partial charge in [0.25, 0.3) is 0 Å². The number of nitrogens with one attached hydrogen (secondary N) is 2. The highest BCUT2D eigenvalue weighted by Crippen LogP contribution is 2.42. The maximum atomic E-state index is 3.67. The molecule has 2 nitrogen and oxygen atoms in total. The van der Waals surface area contributed by atoms with E-state index < -0.39 is 0 Å². The summed E-state index contributed by atoms with van der Waals surface area (Å²) in [7, 11) is 0. The quantitative estimate of drug-likeness (QED) is 0.230. The summed E-state index contributed by atoms with van der Waals surface area (Å²) in [5.74, 6) is 0.0807. The zero-order valence-corrected chi connectivity index (χ0v) is 19.7. The van der Waals surface area contributed by atoms with Crippen LogP contribution in [0.1, 0.15) is 22.6 Å². The second-order valence-corrected chi connectivity index (χ2v) is 9.70. The Bertz CT molecular complexity index is 1490. The smallest absolute Gasteiger partial charge is 0.0457 e. The number of aromatic amines is 2. The van der Waals surface area contributed by atoms with E-state index in [2.05, 4.69) is 133 Å². The predicted octanol–water partition coefficient (Wildman–Crippen LogP) is 8.51. The summed E-state index contributed by atoms with van der Waals surface area (Å²) < 4.78 is 2.17. The fourth-order valence-corrected chi connectivity index (χ4v) is 5.43. The van der Waals surface area contributed by atoms with Gasteiger partial charge < -0.3 is 9.97 Å². The molecule has 0 saturated carbocycles. The van der Waals surface area contributed by atoms with Gasteiger partial charge >= 0.3 is 0 Å². The second-order valence-electron chi connectivity index (χ2n) is 7.87. The van der Waals surface area contributed by atoms with Crippen LogP contribution in [0.5, 0.6) is 0 Å². The molecule has 0 bridgehead atoms. The number of hydrogen-bond acceptors (Lipinski definition) is 0. The SMILES string of the molecule is Brc1ccc2[nH]cc(C(c3cccc4ccccc34)c3c[nH]c4ccc(Br)cc34)c2c1. The topological polar surface area (TPSA) is 31.6 Å². The molecule has 0 atom stereocenters. The Morgan fingerprint density at radius 2 is 1.13 bits per heavy atom. The molecule has 0 unspecified atom stereocenters. The Morgan fingerprint density at radius 1 is 0.548 bits per heavy atom. The molecule has 0 aliphatic carbocycles. The van der Waals surface area contributed by atoms with Crippen LogP contribution in [0.2, 0.25) is 0 Å². The third-order valence-electron chi connectivity index (χ3n) is 6.11. The van der Waals surface area contributed by atoms with Gasteiger partial charge in [-0.25, -0.2) is 0 Å². The first-order valence-corrected chi connectivity index (χ1v) is 11.8. The Morgan fingerprint density at radius 3 is 1.77 bits per heavy atom. The van der Waals surface area contributed by atoms with Gasteiger partial charge in [-0.3, -0.25) is 0 Å². The zero-order chi connectivity index (χ0) is 20.9. The predicted molar refractivity (Wildman–Crippen MR) is 137 cm³/mol. The van der Waals surface area contributed by atoms with Crippen molar-refractivity contribution in [2.75, 3.05) is 0 Å². The van der Waals surface area contributed by atoms with Crippen molar-refractivity contribution in [1.82, 2.24) is 9.97 Å². The summed E-state index contributed by atoms with van der Waals surface area (Å²) in [6, 6.07) is 28.1. The first-order chi connectivity index (χ1) is 15.2. The maximum Gasteiger partial charge on any atom is 0.0457 e. The lowest BCUT2D eigenvalue weighted by Gasteiger charge is -2.20. The monoisotopic (exact) mass is 528 g/mol. The van der Waals surface area contributed by atoms with Gasteiger partial charge in [0.15, 0.2) is 0 Å². The van der Waals surface area contributed by atoms with Crippen LogP contribution < -0.4 is 0 Å². The highest BCUT2D eigenvalue weighted by atomic mass is 79.9. The van der Waals surface area contributed by atoms with E-state index in [1.807, 2.05) is 0 Å². The average Bonchev–Trinajstić information content (AvgIpc) is 3.39. The van der Waals surface area contributed by atoms with Crippen LogP contribution in [-0.2, 0) is 0 Å². The molecule has 0 aliphatic heterocycles. The van der Waals surface area contributed by atoms with E-state index in [0.717, 1.165) is 20.0 Å². The number of fused-ring (bicyclic) bond motifs is 3. The highest BCUT2D eigenvalue weighted by molar-refractivity contribution is 9.10. The molecule has 31 heavy (non-hydrogen) atoms. The Labute approximate surface area is 196 Å². The molecule has 6 rings (SSSR count). The minimum absolute atomic E-state index is 0.0807. The van der Waals surface area contributed by atoms with E-state index in [4.69, 9.17) is 0 Å². The van der Waals surface area contributed by atoms with E-state index >= 15 is 0 Å². The average molecular weight is 530 g/mol. The fourth-order valence-electron chi connectivity index (χ4n) is 4.71. The summed E-state index contributed by atoms with van der Waals surface area (Å²) in [6.07, 6.45) is 4.33. The summed E-state index contributed by atoms with van der Waals surface area (Å²) in [5.41, 5.74) is 6.14. The minimum atomic E-state index is 0.0807. The molecule has 4 aromatic carbocycles. The van der Waals surface area contributed by atoms with Crippen molar-refractivity contribution in [3.8, 4) is 0 Å². The molecular formula is C27H18Br2N2. The summed E-state index contributed by atoms with van der Waals surface area (Å²) >= 11 is 7.34. The molecule has 0 radical (unpaired) electrons. The van der Waals surface area contributed by atoms with Crippen molar-refractivity contribution in [2.45, 2.75) is 5.92 Å². The van der Waals surface area contributed by atoms with Crippen molar-refractivity contribution in [2.24, 2.45) is 0 Å². The molecule has 150 valence electrons. The van der Waals surface area contributed by atoms with E-state index in [9.17, 15) is 0 Å². The number of benzene rings is 4. The van der Waals surface area contributed by atoms with Crippen LogP contribution in [0.4, 0.5) is 0 Å². The number of H-pyrrole nitrogens is 2. The van der Waals surface area contributed by atoms with Gasteiger partial charge in [-0.15, -0.1) is 0 Å². The van der Waals surface area contributed by atoms with E-state index in [1.165, 1.54) is 38.2 Å². The molecule has 0 amide bonds. The molecule has 0 fully saturated rings. The lowest BCUT2D eigenvalue weighted by atomic mass is 9.82. The molecule has 0 saturated heterocycles. The Balaban J connectivity index is 1.72. The van der Waals surface area contributed by atoms with Gasteiger partial charge in [-0.05, 0) is 63.9 Å². The van der Waals surface area contributed by atoms with Gasteiger partial charge in [-0.1, -0.05) is 74.3 Å². The van der Waals surface area contributed by atoms with Crippen LogP contribution in [0, 0.1) is 0 Å². The van der Waals surface area contributed by atoms with Crippen LogP contribution in [0.25, 0.3) is 32.6 Å². The van der Waals surface area contributed by atoms with Crippen molar-refractivity contribution in [1.29, 1.82) is 0 Å². The molecule has 0 aliphatic rings. The van der Waals surface area contributed by atoms with Crippen LogP contribution in [-0.4, -0.2) is 9.97 Å². The van der Waals surface area contributed by atoms with Gasteiger partial charge in [0.1, 0.15) is 0 Å². The summed E-state index contributed by atoms with van der Waals surface area (Å²) in [5, 5.41) is 5.00. The van der Waals surface area contributed by atoms with Crippen LogP contribution >= 0.6 is 31.9 Å². The standard InChI is InChI=1S/C27H18Br2N2/c28-17-8-10-25-21(12-17)23(14-30-25)27(20-7-3-5-16-4-1-2-6-19(16)20)24-15-31-26-11-9-18(29)13-22(24)26/h1-15,27,30-31H. The summed E-state index contributed by atoms with van der Waals surface area (Å²) in [6.45, 7) is 0. The van der Waals surface area contributed by atoms with Crippen LogP contribution in [0.15, 0.2) is 100 Å². The number of hydrogen-bond donors (Lipinski definition) is 2. The van der Waals surface area contributed by atoms with Crippen molar-refractivity contribution >= 4 is 64.4 Å². The minimum Gasteiger partial charge on any atom is -0.361 e. The molecule has 2 N–H and O–H groups in total. The second kappa shape index (κ2) is 7.40. The van der Waals surface area contributed by atoms with Crippen molar-refractivity contribution < 1.29 is 0 Å². The normalized spacial score (nSPS) is 11.8. The summed E-state index contributed by atoms with van der Waals surface area (Å²) in [4.78, 5) is 6.99. The molecule has 2 heterocycles. The first kappa shape index (κ1) is 18.9. The van der Waals surface area contributed by atoms with Crippen molar-refractivity contribution in [3.05, 3.63) is 117 Å². The lowest BCUT2D eigenvalue weighted by molar-refractivity contribution is 1.01. The number of halogens is 2. The van der Waals surface area contributed by atoms with Gasteiger partial charge in [0, 0.05) is 49.1 Å². The maximum absolute atomic E-state index is 3.67. The highest BCUT2D eigenvalue weighted by Gasteiger charge is 2.25. The molecular weight excluding hydrogens is 512 g/mol. The largest absolute Gasteiger partial charge is 0.361 e.